The van der Waals surface area contributed by atoms with Crippen LogP contribution in [-0.4, -0.2) is 128 Å². The van der Waals surface area contributed by atoms with Gasteiger partial charge < -0.3 is 50.9 Å². The molecule has 0 bridgehead atoms. The first-order chi connectivity index (χ1) is 27.4. The van der Waals surface area contributed by atoms with Gasteiger partial charge in [0.1, 0.15) is 42.0 Å². The van der Waals surface area contributed by atoms with Gasteiger partial charge in [0.25, 0.3) is 0 Å². The van der Waals surface area contributed by atoms with E-state index in [0.717, 1.165) is 35.4 Å². The summed E-state index contributed by atoms with van der Waals surface area (Å²) in [6.45, 7) is 2.35. The van der Waals surface area contributed by atoms with Gasteiger partial charge in [0.05, 0.1) is 19.5 Å². The van der Waals surface area contributed by atoms with E-state index >= 15 is 0 Å². The normalized spacial score (nSPS) is 21.1. The number of phosphoric ester groups is 3. The number of anilines is 1. The fourth-order valence-electron chi connectivity index (χ4n) is 5.36. The van der Waals surface area contributed by atoms with Gasteiger partial charge in [-0.3, -0.25) is 37.3 Å². The third-order valence-corrected chi connectivity index (χ3v) is 12.4. The van der Waals surface area contributed by atoms with Crippen molar-refractivity contribution in [3.8, 4) is 0 Å². The third-order valence-electron chi connectivity index (χ3n) is 8.38. The number of hydrogen-bond donors (Lipinski definition) is 9. The molecule has 2 amide bonds. The molecule has 334 valence electrons. The molecule has 29 heteroatoms. The van der Waals surface area contributed by atoms with Crippen molar-refractivity contribution in [2.75, 3.05) is 37.8 Å². The van der Waals surface area contributed by atoms with E-state index in [-0.39, 0.29) is 47.4 Å². The molecule has 7 atom stereocenters. The first-order valence-electron chi connectivity index (χ1n) is 18.0. The Morgan fingerprint density at radius 3 is 2.34 bits per heavy atom. The highest BCUT2D eigenvalue weighted by atomic mass is 32.2. The molecule has 0 aromatic carbocycles. The number of nitrogens with one attached hydrogen (secondary N) is 2. The Morgan fingerprint density at radius 2 is 1.66 bits per heavy atom. The number of imidazole rings is 1. The molecule has 1 fully saturated rings. The van der Waals surface area contributed by atoms with Crippen molar-refractivity contribution >= 4 is 74.9 Å². The predicted octanol–water partition coefficient (Wildman–Crippen LogP) is 0.594. The van der Waals surface area contributed by atoms with E-state index in [1.54, 1.807) is 0 Å². The van der Waals surface area contributed by atoms with E-state index in [0.29, 0.717) is 37.9 Å². The fourth-order valence-corrected chi connectivity index (χ4v) is 8.91. The van der Waals surface area contributed by atoms with E-state index in [4.69, 9.17) is 19.5 Å². The molecule has 1 aliphatic rings. The summed E-state index contributed by atoms with van der Waals surface area (Å²) in [4.78, 5) is 99.2. The quantitative estimate of drug-likeness (QED) is 0.0460. The Balaban J connectivity index is 1.43. The lowest BCUT2D eigenvalue weighted by Gasteiger charge is -2.30. The number of ether oxygens (including phenoxy) is 1. The molecule has 1 aliphatic heterocycles. The lowest BCUT2D eigenvalue weighted by Crippen LogP contribution is -2.46. The molecule has 2 aromatic heterocycles. The molecule has 2 aromatic rings. The molecular formula is C30H50N7O18P3S. The summed E-state index contributed by atoms with van der Waals surface area (Å²) in [5, 5.41) is 26.3. The molecule has 25 nitrogen and oxygen atoms in total. The number of ketones is 1. The Morgan fingerprint density at radius 1 is 0.983 bits per heavy atom. The van der Waals surface area contributed by atoms with Crippen LogP contribution in [0.1, 0.15) is 71.9 Å². The Kier molecular flexibility index (Phi) is 19.2. The maximum Gasteiger partial charge on any atom is 0.481 e. The van der Waals surface area contributed by atoms with Gasteiger partial charge in [-0.2, -0.15) is 4.31 Å². The average molecular weight is 922 g/mol. The van der Waals surface area contributed by atoms with Gasteiger partial charge in [-0.05, 0) is 19.3 Å². The largest absolute Gasteiger partial charge is 0.481 e. The maximum absolute atomic E-state index is 12.7. The number of phosphoric acid groups is 3. The van der Waals surface area contributed by atoms with Crippen LogP contribution in [0.2, 0.25) is 0 Å². The molecular weight excluding hydrogens is 871 g/mol. The highest BCUT2D eigenvalue weighted by Crippen LogP contribution is 2.61. The maximum atomic E-state index is 12.7. The van der Waals surface area contributed by atoms with Crippen LogP contribution in [0, 0.1) is 5.41 Å². The van der Waals surface area contributed by atoms with Crippen molar-refractivity contribution < 1.29 is 85.3 Å². The van der Waals surface area contributed by atoms with Gasteiger partial charge in [-0.1, -0.05) is 32.5 Å². The van der Waals surface area contributed by atoms with Crippen LogP contribution >= 0.6 is 35.2 Å². The average Bonchev–Trinajstić information content (AvgIpc) is 3.70. The number of amides is 2. The van der Waals surface area contributed by atoms with Gasteiger partial charge in [-0.25, -0.2) is 28.6 Å². The first-order valence-corrected chi connectivity index (χ1v) is 23.5. The minimum Gasteiger partial charge on any atom is -0.386 e. The number of nitrogens with zero attached hydrogens (tertiary/aromatic N) is 4. The Bertz CT molecular complexity index is 1920. The second-order valence-corrected chi connectivity index (χ2v) is 19.2. The second-order valence-electron chi connectivity index (χ2n) is 13.8. The topological polar surface area (TPSA) is 381 Å². The van der Waals surface area contributed by atoms with E-state index in [1.807, 2.05) is 6.92 Å². The lowest BCUT2D eigenvalue weighted by atomic mass is 9.87. The van der Waals surface area contributed by atoms with Crippen molar-refractivity contribution in [1.82, 2.24) is 30.2 Å². The van der Waals surface area contributed by atoms with Crippen molar-refractivity contribution in [2.24, 2.45) is 5.41 Å². The SMILES string of the molecule is CCCC(=O)CCCCC(=O)SCCNC(=O)CCNC(=O)C(O)C(C)(C)COP(=O)(O)OP(=O)(O)OCC1OC(n2cnc3c(N)ncnc32)C(O)C1OP(=O)(O)O. The number of aliphatic hydroxyl groups excluding tert-OH is 2. The number of Topliss-reactive ketones (excluding diaryl/α,β-unsaturated/α-hetero) is 1. The van der Waals surface area contributed by atoms with E-state index < -0.39 is 84.6 Å². The third kappa shape index (κ3) is 16.6. The van der Waals surface area contributed by atoms with E-state index in [1.165, 1.54) is 13.8 Å². The van der Waals surface area contributed by atoms with E-state index in [2.05, 4.69) is 34.4 Å². The van der Waals surface area contributed by atoms with Crippen LogP contribution in [0.5, 0.6) is 0 Å². The molecule has 0 spiro atoms. The minimum absolute atomic E-state index is 0.0266. The predicted molar refractivity (Wildman–Crippen MR) is 205 cm³/mol. The minimum atomic E-state index is -5.58. The van der Waals surface area contributed by atoms with Crippen LogP contribution in [0.15, 0.2) is 12.7 Å². The summed E-state index contributed by atoms with van der Waals surface area (Å²) in [6.07, 6.45) is -3.63. The number of rotatable bonds is 26. The van der Waals surface area contributed by atoms with Gasteiger partial charge in [0.15, 0.2) is 22.8 Å². The van der Waals surface area contributed by atoms with Crippen LogP contribution < -0.4 is 16.4 Å². The zero-order chi connectivity index (χ0) is 44.2. The summed E-state index contributed by atoms with van der Waals surface area (Å²) < 4.78 is 62.1. The zero-order valence-electron chi connectivity index (χ0n) is 32.2. The summed E-state index contributed by atoms with van der Waals surface area (Å²) in [6, 6.07) is 0. The summed E-state index contributed by atoms with van der Waals surface area (Å²) >= 11 is 1.05. The summed E-state index contributed by atoms with van der Waals surface area (Å²) in [7, 11) is -16.4. The van der Waals surface area contributed by atoms with Crippen molar-refractivity contribution in [3.63, 3.8) is 0 Å². The highest BCUT2D eigenvalue weighted by molar-refractivity contribution is 8.13. The molecule has 3 heterocycles. The monoisotopic (exact) mass is 921 g/mol. The van der Waals surface area contributed by atoms with Crippen molar-refractivity contribution in [1.29, 1.82) is 0 Å². The van der Waals surface area contributed by atoms with Crippen LogP contribution in [-0.2, 0) is 55.5 Å². The van der Waals surface area contributed by atoms with Crippen LogP contribution in [0.3, 0.4) is 0 Å². The smallest absolute Gasteiger partial charge is 0.386 e. The molecule has 0 radical (unpaired) electrons. The first kappa shape index (κ1) is 50.6. The number of thioether (sulfide) groups is 1. The number of carbonyl (C=O) groups excluding carboxylic acids is 4. The highest BCUT2D eigenvalue weighted by Gasteiger charge is 2.50. The summed E-state index contributed by atoms with van der Waals surface area (Å²) in [5.74, 6) is -0.986. The molecule has 10 N–H and O–H groups in total. The van der Waals surface area contributed by atoms with Gasteiger partial charge in [0.2, 0.25) is 11.8 Å². The van der Waals surface area contributed by atoms with Crippen molar-refractivity contribution in [3.05, 3.63) is 12.7 Å². The van der Waals surface area contributed by atoms with Crippen LogP contribution in [0.4, 0.5) is 5.82 Å². The molecule has 0 saturated carbocycles. The molecule has 59 heavy (non-hydrogen) atoms. The molecule has 0 aliphatic carbocycles. The van der Waals surface area contributed by atoms with Gasteiger partial charge >= 0.3 is 23.5 Å². The number of aromatic nitrogens is 4. The van der Waals surface area contributed by atoms with Crippen LogP contribution in [0.25, 0.3) is 11.2 Å². The van der Waals surface area contributed by atoms with E-state index in [9.17, 15) is 62.7 Å². The fraction of sp³-hybridized carbons (Fsp3) is 0.700. The Hall–Kier alpha value is -2.77. The van der Waals surface area contributed by atoms with Gasteiger partial charge in [-0.15, -0.1) is 0 Å². The molecule has 7 unspecified atom stereocenters. The standard InChI is InChI=1S/C30H50N7O18P3S/c1-4-7-18(38)8-5-6-9-21(40)59-13-12-32-20(39)10-11-33-28(43)25(42)30(2,3)15-52-58(49,50)55-57(47,48)51-14-19-24(54-56(44,45)46)23(41)29(53-19)37-17-36-22-26(31)34-16-35-27(22)37/h16-17,19,23-25,29,41-42H,4-15H2,1-3H3,(H,32,39)(H,33,43)(H,47,48)(H,49,50)(H2,31,34,35)(H2,44,45,46). The summed E-state index contributed by atoms with van der Waals surface area (Å²) in [5.41, 5.74) is 4.24. The number of fused-ring (bicyclic) bond motifs is 1. The number of aliphatic hydroxyl groups is 2. The number of unbranched alkanes of at least 4 members (excludes halogenated alkanes) is 1. The number of nitrogens with two attached hydrogens (primary N) is 1. The number of nitrogen functional groups attached to an aromatic ring is 1. The molecule has 1 saturated heterocycles. The molecule has 3 rings (SSSR count). The van der Waals surface area contributed by atoms with Crippen molar-refractivity contribution in [2.45, 2.75) is 96.4 Å². The van der Waals surface area contributed by atoms with Gasteiger partial charge in [0, 0.05) is 49.9 Å². The number of hydrogen-bond acceptors (Lipinski definition) is 19. The Labute approximate surface area is 341 Å². The lowest BCUT2D eigenvalue weighted by molar-refractivity contribution is -0.137. The number of carbonyl (C=O) groups is 4. The second kappa shape index (κ2) is 22.4. The zero-order valence-corrected chi connectivity index (χ0v) is 35.7.